The molecule has 1 aliphatic carbocycles. The molecule has 3 aliphatic rings. The molecule has 0 N–H and O–H groups in total. The molecule has 0 unspecified atom stereocenters. The number of hydrogen-bond donors (Lipinski definition) is 0. The fraction of sp³-hybridized carbons (Fsp3) is 0.600. The van der Waals surface area contributed by atoms with Gasteiger partial charge < -0.3 is 9.47 Å². The number of piperidine rings is 1. The molecular weight excluding hydrogens is 499 g/mol. The Labute approximate surface area is 229 Å². The first-order chi connectivity index (χ1) is 18.6. The lowest BCUT2D eigenvalue weighted by Crippen LogP contribution is -2.51. The first-order valence-electron chi connectivity index (χ1n) is 13.9. The van der Waals surface area contributed by atoms with Gasteiger partial charge in [0.15, 0.2) is 5.78 Å². The highest BCUT2D eigenvalue weighted by molar-refractivity contribution is 5.89. The molecule has 39 heavy (non-hydrogen) atoms. The molecule has 5 atom stereocenters. The number of ketones is 1. The Morgan fingerprint density at radius 3 is 2.77 bits per heavy atom. The average molecular weight is 537 g/mol. The first kappa shape index (κ1) is 27.3. The molecule has 208 valence electrons. The van der Waals surface area contributed by atoms with Crippen molar-refractivity contribution in [1.82, 2.24) is 14.7 Å². The molecule has 3 fully saturated rings. The lowest BCUT2D eigenvalue weighted by atomic mass is 9.87. The van der Waals surface area contributed by atoms with Crippen LogP contribution in [0.15, 0.2) is 30.6 Å². The van der Waals surface area contributed by atoms with Crippen molar-refractivity contribution in [2.75, 3.05) is 13.2 Å². The summed E-state index contributed by atoms with van der Waals surface area (Å²) in [5.74, 6) is -0.705. The van der Waals surface area contributed by atoms with Crippen molar-refractivity contribution < 1.29 is 23.5 Å². The topological polar surface area (TPSA) is 97.5 Å². The van der Waals surface area contributed by atoms with Crippen molar-refractivity contribution in [2.45, 2.75) is 83.5 Å². The summed E-state index contributed by atoms with van der Waals surface area (Å²) in [5, 5.41) is 14.2. The SMILES string of the molecule is CC(C)(C)OC(=O)N1[C@@H]2CC[C@@H](C2)[C@H]1C(=O)C[C@H](C#N)Cc1ccc(-c2cnn(C[C@@H]3CCOC3)c2)cc1F. The van der Waals surface area contributed by atoms with Crippen LogP contribution in [0.4, 0.5) is 9.18 Å². The smallest absolute Gasteiger partial charge is 0.411 e. The Morgan fingerprint density at radius 2 is 2.08 bits per heavy atom. The van der Waals surface area contributed by atoms with Gasteiger partial charge in [-0.05, 0) is 76.0 Å². The maximum atomic E-state index is 15.1. The van der Waals surface area contributed by atoms with Gasteiger partial charge in [0, 0.05) is 43.3 Å². The standard InChI is InChI=1S/C30H37FN4O4/c1-30(2,3)39-29(37)35-25-7-6-23(12-25)28(35)27(36)11-20(14-32)10-22-5-4-21(13-26(22)31)24-15-33-34(17-24)16-19-8-9-38-18-19/h4-5,13,15,17,19-20,23,25,28H,6-12,16,18H2,1-3H3/t19-,20+,23-,25+,28-/m0/s1. The number of fused-ring (bicyclic) bond motifs is 2. The zero-order chi connectivity index (χ0) is 27.7. The van der Waals surface area contributed by atoms with Crippen molar-refractivity contribution in [3.05, 3.63) is 42.0 Å². The lowest BCUT2D eigenvalue weighted by molar-refractivity contribution is -0.126. The normalized spacial score (nSPS) is 25.1. The Morgan fingerprint density at radius 1 is 1.26 bits per heavy atom. The van der Waals surface area contributed by atoms with Crippen LogP contribution in [-0.4, -0.2) is 57.5 Å². The molecule has 0 radical (unpaired) electrons. The molecule has 2 bridgehead atoms. The Kier molecular flexibility index (Phi) is 7.77. The molecule has 2 aliphatic heterocycles. The van der Waals surface area contributed by atoms with Crippen LogP contribution in [0.1, 0.15) is 58.4 Å². The van der Waals surface area contributed by atoms with E-state index in [0.29, 0.717) is 17.0 Å². The molecule has 2 aromatic rings. The zero-order valence-corrected chi connectivity index (χ0v) is 22.9. The van der Waals surface area contributed by atoms with E-state index in [1.165, 1.54) is 6.07 Å². The van der Waals surface area contributed by atoms with E-state index in [1.54, 1.807) is 37.9 Å². The Bertz CT molecular complexity index is 1260. The summed E-state index contributed by atoms with van der Waals surface area (Å²) in [6, 6.07) is 6.60. The summed E-state index contributed by atoms with van der Waals surface area (Å²) in [7, 11) is 0. The number of nitrogens with zero attached hydrogens (tertiary/aromatic N) is 4. The number of amides is 1. The van der Waals surface area contributed by atoms with Crippen LogP contribution < -0.4 is 0 Å². The van der Waals surface area contributed by atoms with Crippen molar-refractivity contribution in [1.29, 1.82) is 5.26 Å². The molecule has 5 rings (SSSR count). The molecule has 1 aromatic carbocycles. The van der Waals surface area contributed by atoms with Gasteiger partial charge in [-0.3, -0.25) is 14.4 Å². The van der Waals surface area contributed by atoms with Crippen molar-refractivity contribution >= 4 is 11.9 Å². The second-order valence-electron chi connectivity index (χ2n) is 12.2. The molecular formula is C30H37FN4O4. The molecule has 2 saturated heterocycles. The first-order valence-corrected chi connectivity index (χ1v) is 13.9. The van der Waals surface area contributed by atoms with Crippen LogP contribution >= 0.6 is 0 Å². The van der Waals surface area contributed by atoms with Crippen molar-refractivity contribution in [3.8, 4) is 17.2 Å². The summed E-state index contributed by atoms with van der Waals surface area (Å²) in [6.07, 6.45) is 6.82. The van der Waals surface area contributed by atoms with E-state index >= 15 is 4.39 Å². The third kappa shape index (κ3) is 6.17. The van der Waals surface area contributed by atoms with Crippen molar-refractivity contribution in [2.24, 2.45) is 17.8 Å². The van der Waals surface area contributed by atoms with Crippen LogP contribution in [0.2, 0.25) is 0 Å². The Hall–Kier alpha value is -3.25. The van der Waals surface area contributed by atoms with Gasteiger partial charge in [-0.15, -0.1) is 0 Å². The number of likely N-dealkylation sites (tertiary alicyclic amines) is 1. The Balaban J connectivity index is 1.23. The minimum Gasteiger partial charge on any atom is -0.444 e. The highest BCUT2D eigenvalue weighted by Gasteiger charge is 2.52. The predicted molar refractivity (Wildman–Crippen MR) is 142 cm³/mol. The van der Waals surface area contributed by atoms with E-state index in [0.717, 1.165) is 51.0 Å². The fourth-order valence-corrected chi connectivity index (χ4v) is 6.27. The summed E-state index contributed by atoms with van der Waals surface area (Å²) < 4.78 is 28.0. The van der Waals surface area contributed by atoms with E-state index in [4.69, 9.17) is 9.47 Å². The molecule has 1 aromatic heterocycles. The predicted octanol–water partition coefficient (Wildman–Crippen LogP) is 5.16. The van der Waals surface area contributed by atoms with Gasteiger partial charge in [-0.2, -0.15) is 10.4 Å². The van der Waals surface area contributed by atoms with Crippen LogP contribution in [0.5, 0.6) is 0 Å². The van der Waals surface area contributed by atoms with E-state index in [-0.39, 0.29) is 30.6 Å². The number of halogens is 1. The van der Waals surface area contributed by atoms with Crippen LogP contribution in [0, 0.1) is 34.9 Å². The quantitative estimate of drug-likeness (QED) is 0.463. The molecule has 0 spiro atoms. The van der Waals surface area contributed by atoms with Gasteiger partial charge in [0.1, 0.15) is 11.4 Å². The van der Waals surface area contributed by atoms with Gasteiger partial charge in [0.05, 0.1) is 30.8 Å². The van der Waals surface area contributed by atoms with Crippen LogP contribution in [-0.2, 0) is 27.2 Å². The number of Topliss-reactive ketones (excluding diaryl/α,β-unsaturated/α-hetero) is 1. The summed E-state index contributed by atoms with van der Waals surface area (Å²) in [4.78, 5) is 27.9. The number of rotatable bonds is 8. The third-order valence-electron chi connectivity index (χ3n) is 8.10. The zero-order valence-electron chi connectivity index (χ0n) is 22.9. The number of hydrogen-bond acceptors (Lipinski definition) is 6. The van der Waals surface area contributed by atoms with Gasteiger partial charge >= 0.3 is 6.09 Å². The van der Waals surface area contributed by atoms with Gasteiger partial charge in [0.2, 0.25) is 0 Å². The fourth-order valence-electron chi connectivity index (χ4n) is 6.27. The monoisotopic (exact) mass is 536 g/mol. The van der Waals surface area contributed by atoms with E-state index < -0.39 is 29.5 Å². The lowest BCUT2D eigenvalue weighted by Gasteiger charge is -2.35. The third-order valence-corrected chi connectivity index (χ3v) is 8.10. The number of benzene rings is 1. The maximum absolute atomic E-state index is 15.1. The summed E-state index contributed by atoms with van der Waals surface area (Å²) >= 11 is 0. The molecule has 1 amide bonds. The number of nitriles is 1. The van der Waals surface area contributed by atoms with Crippen molar-refractivity contribution in [3.63, 3.8) is 0 Å². The largest absolute Gasteiger partial charge is 0.444 e. The highest BCUT2D eigenvalue weighted by atomic mass is 19.1. The van der Waals surface area contributed by atoms with Gasteiger partial charge in [0.25, 0.3) is 0 Å². The van der Waals surface area contributed by atoms with Gasteiger partial charge in [-0.25, -0.2) is 9.18 Å². The summed E-state index contributed by atoms with van der Waals surface area (Å²) in [6.45, 7) is 7.71. The van der Waals surface area contributed by atoms with Crippen LogP contribution in [0.25, 0.3) is 11.1 Å². The highest BCUT2D eigenvalue weighted by Crippen LogP contribution is 2.44. The van der Waals surface area contributed by atoms with E-state index in [9.17, 15) is 14.9 Å². The van der Waals surface area contributed by atoms with Gasteiger partial charge in [-0.1, -0.05) is 12.1 Å². The second-order valence-corrected chi connectivity index (χ2v) is 12.2. The average Bonchev–Trinajstić information content (AvgIpc) is 3.68. The molecule has 9 heteroatoms. The minimum atomic E-state index is -0.686. The minimum absolute atomic E-state index is 0.000164. The van der Waals surface area contributed by atoms with E-state index in [2.05, 4.69) is 11.2 Å². The number of ether oxygens (including phenoxy) is 2. The molecule has 3 heterocycles. The number of carbonyl (C=O) groups is 2. The second kappa shape index (κ2) is 11.1. The van der Waals surface area contributed by atoms with Crippen LogP contribution in [0.3, 0.4) is 0 Å². The number of aromatic nitrogens is 2. The number of carbonyl (C=O) groups excluding carboxylic acids is 2. The molecule has 1 saturated carbocycles. The maximum Gasteiger partial charge on any atom is 0.411 e. The molecule has 8 nitrogen and oxygen atoms in total. The van der Waals surface area contributed by atoms with E-state index in [1.807, 2.05) is 16.9 Å². The summed E-state index contributed by atoms with van der Waals surface area (Å²) in [5.41, 5.74) is 1.27.